The molecule has 2 atom stereocenters. The van der Waals surface area contributed by atoms with Gasteiger partial charge in [0, 0.05) is 28.7 Å². The van der Waals surface area contributed by atoms with E-state index >= 15 is 0 Å². The molecule has 1 aromatic carbocycles. The van der Waals surface area contributed by atoms with Crippen LogP contribution in [0.2, 0.25) is 0 Å². The summed E-state index contributed by atoms with van der Waals surface area (Å²) in [6.45, 7) is 1.71. The summed E-state index contributed by atoms with van der Waals surface area (Å²) < 4.78 is 11.8. The predicted octanol–water partition coefficient (Wildman–Crippen LogP) is 2.00. The highest BCUT2D eigenvalue weighted by atomic mass is 32.2. The maximum Gasteiger partial charge on any atom is 0.269 e. The minimum atomic E-state index is -1.29. The van der Waals surface area contributed by atoms with Crippen LogP contribution in [0.5, 0.6) is 0 Å². The molecule has 5 nitrogen and oxygen atoms in total. The zero-order chi connectivity index (χ0) is 12.1. The van der Waals surface area contributed by atoms with Crippen molar-refractivity contribution in [3.63, 3.8) is 0 Å². The lowest BCUT2D eigenvalue weighted by atomic mass is 10.3. The van der Waals surface area contributed by atoms with Crippen molar-refractivity contribution in [1.82, 2.24) is 0 Å². The molecule has 1 aromatic rings. The zero-order valence-electron chi connectivity index (χ0n) is 8.62. The Bertz CT molecular complexity index is 450. The molecule has 2 unspecified atom stereocenters. The molecule has 0 saturated carbocycles. The van der Waals surface area contributed by atoms with Crippen molar-refractivity contribution in [2.24, 2.45) is 0 Å². The third kappa shape index (κ3) is 2.87. The molecule has 6 heteroatoms. The van der Waals surface area contributed by atoms with E-state index < -0.39 is 15.7 Å². The van der Waals surface area contributed by atoms with Crippen molar-refractivity contribution in [2.75, 3.05) is 0 Å². The largest absolute Gasteiger partial charge is 0.269 e. The molecule has 0 aliphatic heterocycles. The highest BCUT2D eigenvalue weighted by Gasteiger charge is 2.14. The number of non-ortho nitro benzene ring substituents is 1. The van der Waals surface area contributed by atoms with Crippen LogP contribution in [0.15, 0.2) is 29.2 Å². The van der Waals surface area contributed by atoms with E-state index in [9.17, 15) is 14.3 Å². The molecule has 16 heavy (non-hydrogen) atoms. The Hall–Kier alpha value is -1.74. The molecular weight excluding hydrogens is 228 g/mol. The van der Waals surface area contributed by atoms with Crippen LogP contribution in [0.1, 0.15) is 13.3 Å². The predicted molar refractivity (Wildman–Crippen MR) is 59.2 cm³/mol. The molecular formula is C10H10N2O3S. The highest BCUT2D eigenvalue weighted by molar-refractivity contribution is 7.85. The van der Waals surface area contributed by atoms with Crippen LogP contribution in [0.3, 0.4) is 0 Å². The summed E-state index contributed by atoms with van der Waals surface area (Å²) in [6.07, 6.45) is 0.198. The van der Waals surface area contributed by atoms with Crippen LogP contribution < -0.4 is 0 Å². The molecule has 0 bridgehead atoms. The van der Waals surface area contributed by atoms with Gasteiger partial charge in [0.05, 0.1) is 21.8 Å². The minimum Gasteiger partial charge on any atom is -0.258 e. The van der Waals surface area contributed by atoms with Crippen LogP contribution in [-0.2, 0) is 10.8 Å². The van der Waals surface area contributed by atoms with Crippen LogP contribution in [0.25, 0.3) is 0 Å². The number of nitro benzene ring substituents is 1. The summed E-state index contributed by atoms with van der Waals surface area (Å²) in [5.41, 5.74) is -0.0336. The Morgan fingerprint density at radius 2 is 2.06 bits per heavy atom. The van der Waals surface area contributed by atoms with Gasteiger partial charge in [0.25, 0.3) is 5.69 Å². The Kier molecular flexibility index (Phi) is 4.14. The van der Waals surface area contributed by atoms with Gasteiger partial charge >= 0.3 is 0 Å². The Labute approximate surface area is 95.3 Å². The Morgan fingerprint density at radius 1 is 1.50 bits per heavy atom. The number of nitriles is 1. The molecule has 0 amide bonds. The lowest BCUT2D eigenvalue weighted by Gasteiger charge is -2.06. The van der Waals surface area contributed by atoms with Crippen molar-refractivity contribution in [3.05, 3.63) is 34.4 Å². The SMILES string of the molecule is CC(CC#N)S(=O)c1ccc([N+](=O)[O-])cc1. The Balaban J connectivity index is 2.86. The number of benzene rings is 1. The second-order valence-electron chi connectivity index (χ2n) is 3.22. The number of rotatable bonds is 4. The molecule has 0 saturated heterocycles. The van der Waals surface area contributed by atoms with Gasteiger partial charge in [0.1, 0.15) is 0 Å². The first-order valence-corrected chi connectivity index (χ1v) is 5.79. The molecule has 0 fully saturated rings. The van der Waals surface area contributed by atoms with Crippen LogP contribution in [0.4, 0.5) is 5.69 Å². The summed E-state index contributed by atoms with van der Waals surface area (Å²) >= 11 is 0. The fraction of sp³-hybridized carbons (Fsp3) is 0.300. The summed E-state index contributed by atoms with van der Waals surface area (Å²) in [5.74, 6) is 0. The summed E-state index contributed by atoms with van der Waals surface area (Å²) in [5, 5.41) is 18.6. The van der Waals surface area contributed by atoms with Crippen molar-refractivity contribution in [3.8, 4) is 6.07 Å². The number of nitrogens with zero attached hydrogens (tertiary/aromatic N) is 2. The van der Waals surface area contributed by atoms with E-state index in [4.69, 9.17) is 5.26 Å². The molecule has 0 heterocycles. The first-order chi connectivity index (χ1) is 7.56. The normalized spacial score (nSPS) is 13.8. The molecule has 0 N–H and O–H groups in total. The van der Waals surface area contributed by atoms with Crippen molar-refractivity contribution in [2.45, 2.75) is 23.5 Å². The number of hydrogen-bond donors (Lipinski definition) is 0. The molecule has 0 aromatic heterocycles. The van der Waals surface area contributed by atoms with Crippen molar-refractivity contribution < 1.29 is 9.13 Å². The maximum absolute atomic E-state index is 11.8. The lowest BCUT2D eigenvalue weighted by Crippen LogP contribution is -2.09. The molecule has 1 rings (SSSR count). The molecule has 0 radical (unpaired) electrons. The van der Waals surface area contributed by atoms with E-state index in [1.807, 2.05) is 6.07 Å². The standard InChI is InChI=1S/C10H10N2O3S/c1-8(6-7-11)16(15)10-4-2-9(3-5-10)12(13)14/h2-5,8H,6H2,1H3. The van der Waals surface area contributed by atoms with Gasteiger partial charge in [-0.3, -0.25) is 14.3 Å². The van der Waals surface area contributed by atoms with E-state index in [2.05, 4.69) is 0 Å². The fourth-order valence-corrected chi connectivity index (χ4v) is 2.23. The van der Waals surface area contributed by atoms with Gasteiger partial charge in [-0.05, 0) is 19.1 Å². The van der Waals surface area contributed by atoms with Gasteiger partial charge < -0.3 is 0 Å². The summed E-state index contributed by atoms with van der Waals surface area (Å²) in [7, 11) is -1.29. The molecule has 0 spiro atoms. The number of nitro groups is 1. The molecule has 84 valence electrons. The van der Waals surface area contributed by atoms with Gasteiger partial charge in [-0.2, -0.15) is 5.26 Å². The first kappa shape index (κ1) is 12.3. The van der Waals surface area contributed by atoms with Gasteiger partial charge in [0.2, 0.25) is 0 Å². The lowest BCUT2D eigenvalue weighted by molar-refractivity contribution is -0.384. The fourth-order valence-electron chi connectivity index (χ4n) is 1.14. The topological polar surface area (TPSA) is 84.0 Å². The van der Waals surface area contributed by atoms with Crippen LogP contribution in [0, 0.1) is 21.4 Å². The number of hydrogen-bond acceptors (Lipinski definition) is 4. The average molecular weight is 238 g/mol. The third-order valence-corrected chi connectivity index (χ3v) is 3.66. The minimum absolute atomic E-state index is 0.0336. The Morgan fingerprint density at radius 3 is 2.50 bits per heavy atom. The van der Waals surface area contributed by atoms with Crippen molar-refractivity contribution in [1.29, 1.82) is 5.26 Å². The van der Waals surface area contributed by atoms with Gasteiger partial charge in [-0.25, -0.2) is 0 Å². The van der Waals surface area contributed by atoms with Gasteiger partial charge in [-0.1, -0.05) is 0 Å². The quantitative estimate of drug-likeness (QED) is 0.593. The van der Waals surface area contributed by atoms with E-state index in [1.165, 1.54) is 24.3 Å². The zero-order valence-corrected chi connectivity index (χ0v) is 9.44. The monoisotopic (exact) mass is 238 g/mol. The van der Waals surface area contributed by atoms with Crippen molar-refractivity contribution >= 4 is 16.5 Å². The summed E-state index contributed by atoms with van der Waals surface area (Å²) in [4.78, 5) is 10.4. The van der Waals surface area contributed by atoms with E-state index in [0.717, 1.165) is 0 Å². The molecule has 0 aliphatic carbocycles. The van der Waals surface area contributed by atoms with Crippen LogP contribution >= 0.6 is 0 Å². The maximum atomic E-state index is 11.8. The van der Waals surface area contributed by atoms with Gasteiger partial charge in [-0.15, -0.1) is 0 Å². The second kappa shape index (κ2) is 5.37. The van der Waals surface area contributed by atoms with Gasteiger partial charge in [0.15, 0.2) is 0 Å². The summed E-state index contributed by atoms with van der Waals surface area (Å²) in [6, 6.07) is 7.49. The van der Waals surface area contributed by atoms with E-state index in [-0.39, 0.29) is 17.4 Å². The smallest absolute Gasteiger partial charge is 0.258 e. The average Bonchev–Trinajstić information content (AvgIpc) is 2.28. The van der Waals surface area contributed by atoms with Crippen LogP contribution in [-0.4, -0.2) is 14.4 Å². The second-order valence-corrected chi connectivity index (χ2v) is 5.09. The highest BCUT2D eigenvalue weighted by Crippen LogP contribution is 2.17. The third-order valence-electron chi connectivity index (χ3n) is 2.02. The first-order valence-electron chi connectivity index (χ1n) is 4.58. The molecule has 0 aliphatic rings. The van der Waals surface area contributed by atoms with E-state index in [0.29, 0.717) is 4.90 Å². The van der Waals surface area contributed by atoms with E-state index in [1.54, 1.807) is 6.92 Å².